The Morgan fingerprint density at radius 1 is 0.833 bits per heavy atom. The summed E-state index contributed by atoms with van der Waals surface area (Å²) in [6, 6.07) is 23.6. The van der Waals surface area contributed by atoms with Gasteiger partial charge < -0.3 is 0 Å². The number of halogens is 3. The van der Waals surface area contributed by atoms with Gasteiger partial charge in [-0.2, -0.15) is 5.10 Å². The Hall–Kier alpha value is -1.56. The topological polar surface area (TPSA) is 17.8 Å². The fourth-order valence-electron chi connectivity index (χ4n) is 3.02. The van der Waals surface area contributed by atoms with Gasteiger partial charge in [-0.1, -0.05) is 83.0 Å². The molecule has 4 aromatic rings. The summed E-state index contributed by atoms with van der Waals surface area (Å²) < 4.78 is 1.94. The van der Waals surface area contributed by atoms with Crippen molar-refractivity contribution in [2.45, 2.75) is 20.6 Å². The molecule has 0 saturated carbocycles. The second-order valence-corrected chi connectivity index (χ2v) is 9.82. The SMILES string of the molecule is Cn1nc(-c2ccccc2)c(CSc2c(Cl)cccc2Cl)c1Sc1ccc(Cl)cc1. The van der Waals surface area contributed by atoms with E-state index >= 15 is 0 Å². The molecular weight excluding hydrogens is 475 g/mol. The van der Waals surface area contributed by atoms with Gasteiger partial charge in [-0.05, 0) is 36.4 Å². The fraction of sp³-hybridized carbons (Fsp3) is 0.0870. The molecule has 2 nitrogen and oxygen atoms in total. The molecule has 0 amide bonds. The number of thioether (sulfide) groups is 1. The molecule has 0 radical (unpaired) electrons. The number of benzene rings is 3. The van der Waals surface area contributed by atoms with E-state index in [4.69, 9.17) is 39.9 Å². The van der Waals surface area contributed by atoms with E-state index in [9.17, 15) is 0 Å². The Morgan fingerprint density at radius 2 is 1.50 bits per heavy atom. The van der Waals surface area contributed by atoms with Crippen LogP contribution in [0.1, 0.15) is 5.56 Å². The molecular formula is C23H17Cl3N2S2. The van der Waals surface area contributed by atoms with Crippen LogP contribution < -0.4 is 0 Å². The summed E-state index contributed by atoms with van der Waals surface area (Å²) in [5.74, 6) is 0.692. The Balaban J connectivity index is 1.74. The monoisotopic (exact) mass is 490 g/mol. The van der Waals surface area contributed by atoms with Crippen molar-refractivity contribution in [3.63, 3.8) is 0 Å². The third-order valence-electron chi connectivity index (χ3n) is 4.44. The van der Waals surface area contributed by atoms with Gasteiger partial charge in [0, 0.05) is 38.7 Å². The highest BCUT2D eigenvalue weighted by atomic mass is 35.5. The first kappa shape index (κ1) is 21.7. The van der Waals surface area contributed by atoms with Crippen molar-refractivity contribution in [3.05, 3.63) is 93.4 Å². The third kappa shape index (κ3) is 4.84. The quantitative estimate of drug-likeness (QED) is 0.252. The molecule has 3 aromatic carbocycles. The average Bonchev–Trinajstić information content (AvgIpc) is 3.05. The van der Waals surface area contributed by atoms with Crippen LogP contribution in [0.15, 0.2) is 87.6 Å². The first-order valence-electron chi connectivity index (χ1n) is 9.14. The van der Waals surface area contributed by atoms with Crippen molar-refractivity contribution < 1.29 is 0 Å². The number of aromatic nitrogens is 2. The fourth-order valence-corrected chi connectivity index (χ4v) is 5.89. The molecule has 0 bridgehead atoms. The number of hydrogen-bond donors (Lipinski definition) is 0. The van der Waals surface area contributed by atoms with Gasteiger partial charge in [-0.25, -0.2) is 0 Å². The highest BCUT2D eigenvalue weighted by molar-refractivity contribution is 8.00. The minimum atomic E-state index is 0.657. The lowest BCUT2D eigenvalue weighted by Crippen LogP contribution is -1.93. The van der Waals surface area contributed by atoms with Gasteiger partial charge in [-0.3, -0.25) is 4.68 Å². The van der Waals surface area contributed by atoms with Crippen LogP contribution in [-0.4, -0.2) is 9.78 Å². The predicted octanol–water partition coefficient (Wildman–Crippen LogP) is 8.49. The van der Waals surface area contributed by atoms with Crippen LogP contribution >= 0.6 is 58.3 Å². The molecule has 0 saturated heterocycles. The van der Waals surface area contributed by atoms with E-state index in [2.05, 4.69) is 12.1 Å². The summed E-state index contributed by atoms with van der Waals surface area (Å²) in [4.78, 5) is 1.98. The number of nitrogens with zero attached hydrogens (tertiary/aromatic N) is 2. The average molecular weight is 492 g/mol. The maximum Gasteiger partial charge on any atom is 0.103 e. The van der Waals surface area contributed by atoms with E-state index in [0.29, 0.717) is 15.8 Å². The van der Waals surface area contributed by atoms with Crippen molar-refractivity contribution >= 4 is 58.3 Å². The summed E-state index contributed by atoms with van der Waals surface area (Å²) in [6.45, 7) is 0. The van der Waals surface area contributed by atoms with Crippen molar-refractivity contribution in [2.24, 2.45) is 7.05 Å². The van der Waals surface area contributed by atoms with Gasteiger partial charge in [0.2, 0.25) is 0 Å². The van der Waals surface area contributed by atoms with Gasteiger partial charge >= 0.3 is 0 Å². The zero-order valence-corrected chi connectivity index (χ0v) is 19.9. The Kier molecular flexibility index (Phi) is 7.01. The molecule has 0 fully saturated rings. The van der Waals surface area contributed by atoms with E-state index in [1.165, 1.54) is 0 Å². The summed E-state index contributed by atoms with van der Waals surface area (Å²) in [7, 11) is 1.97. The molecule has 7 heteroatoms. The minimum absolute atomic E-state index is 0.657. The highest BCUT2D eigenvalue weighted by Crippen LogP contribution is 2.41. The first-order valence-corrected chi connectivity index (χ1v) is 12.1. The Morgan fingerprint density at radius 3 is 2.17 bits per heavy atom. The van der Waals surface area contributed by atoms with Gasteiger partial charge in [0.25, 0.3) is 0 Å². The first-order chi connectivity index (χ1) is 14.5. The Labute approximate surface area is 199 Å². The molecule has 1 aromatic heterocycles. The molecule has 0 N–H and O–H groups in total. The molecule has 0 spiro atoms. The van der Waals surface area contributed by atoms with Crippen LogP contribution in [0, 0.1) is 0 Å². The molecule has 0 aliphatic heterocycles. The Bertz CT molecular complexity index is 1140. The van der Waals surface area contributed by atoms with Crippen molar-refractivity contribution in [2.75, 3.05) is 0 Å². The lowest BCUT2D eigenvalue weighted by molar-refractivity contribution is 0.698. The van der Waals surface area contributed by atoms with E-state index in [0.717, 1.165) is 36.7 Å². The van der Waals surface area contributed by atoms with Gasteiger partial charge in [0.1, 0.15) is 5.03 Å². The lowest BCUT2D eigenvalue weighted by atomic mass is 10.1. The number of rotatable bonds is 6. The van der Waals surface area contributed by atoms with E-state index < -0.39 is 0 Å². The zero-order valence-electron chi connectivity index (χ0n) is 16.0. The molecule has 1 heterocycles. The second-order valence-electron chi connectivity index (χ2n) is 6.52. The smallest absolute Gasteiger partial charge is 0.103 e. The maximum absolute atomic E-state index is 6.40. The van der Waals surface area contributed by atoms with Crippen LogP contribution in [0.5, 0.6) is 0 Å². The standard InChI is InChI=1S/C23H17Cl3N2S2/c1-28-23(30-17-12-10-16(24)11-13-17)18(21(27-28)15-6-3-2-4-7-15)14-29-22-19(25)8-5-9-20(22)26/h2-13H,14H2,1H3. The zero-order chi connectivity index (χ0) is 21.1. The molecule has 0 unspecified atom stereocenters. The second kappa shape index (κ2) is 9.71. The maximum atomic E-state index is 6.40. The summed E-state index contributed by atoms with van der Waals surface area (Å²) in [6.07, 6.45) is 0. The van der Waals surface area contributed by atoms with Crippen LogP contribution in [0.3, 0.4) is 0 Å². The van der Waals surface area contributed by atoms with Gasteiger partial charge in [0.05, 0.1) is 15.7 Å². The van der Waals surface area contributed by atoms with Crippen LogP contribution in [0.4, 0.5) is 0 Å². The molecule has 30 heavy (non-hydrogen) atoms. The van der Waals surface area contributed by atoms with Crippen molar-refractivity contribution in [1.29, 1.82) is 0 Å². The normalized spacial score (nSPS) is 11.1. The number of hydrogen-bond acceptors (Lipinski definition) is 3. The molecule has 4 rings (SSSR count). The minimum Gasteiger partial charge on any atom is -0.261 e. The van der Waals surface area contributed by atoms with Gasteiger partial charge in [-0.15, -0.1) is 11.8 Å². The summed E-state index contributed by atoms with van der Waals surface area (Å²) in [5, 5.41) is 7.95. The van der Waals surface area contributed by atoms with E-state index in [-0.39, 0.29) is 0 Å². The van der Waals surface area contributed by atoms with Crippen LogP contribution in [0.2, 0.25) is 15.1 Å². The predicted molar refractivity (Wildman–Crippen MR) is 130 cm³/mol. The van der Waals surface area contributed by atoms with Crippen LogP contribution in [0.25, 0.3) is 11.3 Å². The van der Waals surface area contributed by atoms with Gasteiger partial charge in [0.15, 0.2) is 0 Å². The third-order valence-corrected chi connectivity index (χ3v) is 7.92. The van der Waals surface area contributed by atoms with Crippen molar-refractivity contribution in [3.8, 4) is 11.3 Å². The van der Waals surface area contributed by atoms with E-state index in [1.54, 1.807) is 23.5 Å². The summed E-state index contributed by atoms with van der Waals surface area (Å²) in [5.41, 5.74) is 3.19. The van der Waals surface area contributed by atoms with Crippen molar-refractivity contribution in [1.82, 2.24) is 9.78 Å². The number of aryl methyl sites for hydroxylation is 1. The molecule has 0 aliphatic carbocycles. The lowest BCUT2D eigenvalue weighted by Gasteiger charge is -2.10. The largest absolute Gasteiger partial charge is 0.261 e. The molecule has 0 atom stereocenters. The molecule has 152 valence electrons. The summed E-state index contributed by atoms with van der Waals surface area (Å²) >= 11 is 22.1. The van der Waals surface area contributed by atoms with E-state index in [1.807, 2.05) is 72.4 Å². The highest BCUT2D eigenvalue weighted by Gasteiger charge is 2.20. The molecule has 0 aliphatic rings. The van der Waals surface area contributed by atoms with Crippen LogP contribution in [-0.2, 0) is 12.8 Å².